The Morgan fingerprint density at radius 2 is 1.94 bits per heavy atom. The number of anilines is 1. The average molecular weight is 443 g/mol. The zero-order valence-corrected chi connectivity index (χ0v) is 18.4. The van der Waals surface area contributed by atoms with Gasteiger partial charge >= 0.3 is 5.97 Å². The molecule has 4 rings (SSSR count). The van der Waals surface area contributed by atoms with Gasteiger partial charge in [0.05, 0.1) is 17.7 Å². The number of esters is 1. The second-order valence-electron chi connectivity index (χ2n) is 7.50. The third-order valence-electron chi connectivity index (χ3n) is 5.62. The van der Waals surface area contributed by atoms with Crippen molar-refractivity contribution in [2.24, 2.45) is 0 Å². The summed E-state index contributed by atoms with van der Waals surface area (Å²) in [6.07, 6.45) is 2.05. The molecule has 0 spiro atoms. The topological polar surface area (TPSA) is 68.6 Å². The molecule has 0 N–H and O–H groups in total. The van der Waals surface area contributed by atoms with Crippen LogP contribution in [0.2, 0.25) is 0 Å². The van der Waals surface area contributed by atoms with E-state index in [2.05, 4.69) is 0 Å². The first-order valence-electron chi connectivity index (χ1n) is 9.94. The molecule has 162 valence electrons. The monoisotopic (exact) mass is 442 g/mol. The molecule has 0 unspecified atom stereocenters. The quantitative estimate of drug-likeness (QED) is 0.561. The highest BCUT2D eigenvalue weighted by Gasteiger charge is 2.23. The van der Waals surface area contributed by atoms with Gasteiger partial charge in [-0.15, -0.1) is 0 Å². The predicted molar refractivity (Wildman–Crippen MR) is 119 cm³/mol. The van der Waals surface area contributed by atoms with Crippen molar-refractivity contribution >= 4 is 38.7 Å². The first kappa shape index (κ1) is 21.1. The van der Waals surface area contributed by atoms with E-state index in [-0.39, 0.29) is 18.3 Å². The fourth-order valence-corrected chi connectivity index (χ4v) is 4.92. The van der Waals surface area contributed by atoms with Crippen molar-refractivity contribution in [2.75, 3.05) is 18.0 Å². The Morgan fingerprint density at radius 1 is 1.16 bits per heavy atom. The van der Waals surface area contributed by atoms with E-state index >= 15 is 0 Å². The summed E-state index contributed by atoms with van der Waals surface area (Å²) in [6, 6.07) is 10.2. The lowest BCUT2D eigenvalue weighted by Gasteiger charge is -2.23. The van der Waals surface area contributed by atoms with E-state index in [4.69, 9.17) is 4.74 Å². The minimum Gasteiger partial charge on any atom is -0.465 e. The lowest BCUT2D eigenvalue weighted by Crippen LogP contribution is -2.27. The van der Waals surface area contributed by atoms with Gasteiger partial charge in [0.15, 0.2) is 0 Å². The summed E-state index contributed by atoms with van der Waals surface area (Å²) in [4.78, 5) is 12.1. The smallest absolute Gasteiger partial charge is 0.325 e. The molecule has 1 aliphatic heterocycles. The van der Waals surface area contributed by atoms with Crippen LogP contribution >= 0.6 is 0 Å². The highest BCUT2D eigenvalue weighted by Crippen LogP contribution is 2.33. The molecule has 6 nitrogen and oxygen atoms in total. The first-order valence-corrected chi connectivity index (χ1v) is 11.4. The number of rotatable bonds is 5. The van der Waals surface area contributed by atoms with Crippen LogP contribution in [-0.2, 0) is 32.5 Å². The van der Waals surface area contributed by atoms with Crippen LogP contribution in [0.25, 0.3) is 17.0 Å². The molecule has 2 aromatic carbocycles. The van der Waals surface area contributed by atoms with Crippen molar-refractivity contribution in [3.8, 4) is 0 Å². The van der Waals surface area contributed by atoms with Crippen molar-refractivity contribution < 1.29 is 22.3 Å². The van der Waals surface area contributed by atoms with Crippen LogP contribution in [0.5, 0.6) is 0 Å². The maximum Gasteiger partial charge on any atom is 0.325 e. The summed E-state index contributed by atoms with van der Waals surface area (Å²) in [5, 5.41) is 1.91. The lowest BCUT2D eigenvalue weighted by atomic mass is 9.99. The van der Waals surface area contributed by atoms with E-state index in [9.17, 15) is 17.6 Å². The van der Waals surface area contributed by atoms with Crippen LogP contribution in [-0.4, -0.2) is 32.6 Å². The van der Waals surface area contributed by atoms with Crippen LogP contribution in [0.1, 0.15) is 29.3 Å². The zero-order valence-electron chi connectivity index (χ0n) is 17.6. The number of aromatic nitrogens is 1. The van der Waals surface area contributed by atoms with Crippen LogP contribution in [0.3, 0.4) is 0 Å². The highest BCUT2D eigenvalue weighted by molar-refractivity contribution is 7.95. The van der Waals surface area contributed by atoms with Gasteiger partial charge in [-0.2, -0.15) is 0 Å². The van der Waals surface area contributed by atoms with Crippen molar-refractivity contribution in [3.05, 3.63) is 70.0 Å². The molecular weight excluding hydrogens is 419 g/mol. The summed E-state index contributed by atoms with van der Waals surface area (Å²) in [5.41, 5.74) is 4.77. The molecule has 0 saturated heterocycles. The van der Waals surface area contributed by atoms with E-state index in [0.717, 1.165) is 33.3 Å². The fourth-order valence-electron chi connectivity index (χ4n) is 3.99. The number of hydrogen-bond acceptors (Lipinski definition) is 4. The number of ether oxygens (including phenoxy) is 1. The third kappa shape index (κ3) is 3.83. The molecule has 31 heavy (non-hydrogen) atoms. The molecular formula is C23H23FN2O4S. The summed E-state index contributed by atoms with van der Waals surface area (Å²) in [6.45, 7) is 3.97. The van der Waals surface area contributed by atoms with Gasteiger partial charge in [0.2, 0.25) is 0 Å². The molecule has 0 amide bonds. The maximum absolute atomic E-state index is 14.1. The number of nitrogens with zero attached hydrogens (tertiary/aromatic N) is 2. The van der Waals surface area contributed by atoms with Gasteiger partial charge < -0.3 is 9.30 Å². The number of carbonyl (C=O) groups is 1. The molecule has 3 aromatic rings. The van der Waals surface area contributed by atoms with E-state index < -0.39 is 10.0 Å². The standard InChI is InChI=1S/C23H23FN2O4S/c1-4-30-23(27)14-26-15(2)19(20-13-18(24)7-8-21(20)26)11-16-5-6-17-9-10-31(28,29)25(3)22(17)12-16/h5-10,12-13H,4,11,14H2,1-3H3. The summed E-state index contributed by atoms with van der Waals surface area (Å²) in [7, 11) is -1.96. The predicted octanol–water partition coefficient (Wildman–Crippen LogP) is 3.99. The summed E-state index contributed by atoms with van der Waals surface area (Å²) < 4.78 is 46.6. The van der Waals surface area contributed by atoms with E-state index in [1.807, 2.05) is 29.7 Å². The van der Waals surface area contributed by atoms with Gasteiger partial charge in [0.25, 0.3) is 10.0 Å². The molecule has 0 saturated carbocycles. The number of carbonyl (C=O) groups excluding carboxylic acids is 1. The Labute approximate surface area is 180 Å². The largest absolute Gasteiger partial charge is 0.465 e. The summed E-state index contributed by atoms with van der Waals surface area (Å²) >= 11 is 0. The number of hydrogen-bond donors (Lipinski definition) is 0. The minimum absolute atomic E-state index is 0.0395. The van der Waals surface area contributed by atoms with Crippen LogP contribution in [0.15, 0.2) is 41.8 Å². The van der Waals surface area contributed by atoms with Gasteiger partial charge in [-0.25, -0.2) is 12.8 Å². The van der Waals surface area contributed by atoms with Crippen LogP contribution in [0, 0.1) is 12.7 Å². The molecule has 2 heterocycles. The zero-order chi connectivity index (χ0) is 22.3. The normalized spacial score (nSPS) is 14.6. The van der Waals surface area contributed by atoms with Gasteiger partial charge in [0, 0.05) is 23.6 Å². The van der Waals surface area contributed by atoms with Crippen LogP contribution in [0.4, 0.5) is 10.1 Å². The lowest BCUT2D eigenvalue weighted by molar-refractivity contribution is -0.143. The van der Waals surface area contributed by atoms with Crippen molar-refractivity contribution in [1.82, 2.24) is 4.57 Å². The molecule has 0 fully saturated rings. The Bertz CT molecular complexity index is 1330. The van der Waals surface area contributed by atoms with Gasteiger partial charge in [-0.3, -0.25) is 9.10 Å². The SMILES string of the molecule is CCOC(=O)Cn1c(C)c(Cc2ccc3c(c2)N(C)S(=O)(=O)C=C3)c2cc(F)ccc21. The molecule has 8 heteroatoms. The number of halogens is 1. The molecule has 0 aliphatic carbocycles. The van der Waals surface area contributed by atoms with Gasteiger partial charge in [-0.05, 0) is 67.3 Å². The Balaban J connectivity index is 1.78. The fraction of sp³-hybridized carbons (Fsp3) is 0.261. The second-order valence-corrected chi connectivity index (χ2v) is 9.35. The Hall–Kier alpha value is -3.13. The molecule has 0 radical (unpaired) electrons. The van der Waals surface area contributed by atoms with Crippen LogP contribution < -0.4 is 4.31 Å². The Morgan fingerprint density at radius 3 is 2.68 bits per heavy atom. The number of fused-ring (bicyclic) bond motifs is 2. The van der Waals surface area contributed by atoms with Crippen molar-refractivity contribution in [1.29, 1.82) is 0 Å². The number of sulfonamides is 1. The highest BCUT2D eigenvalue weighted by atomic mass is 32.2. The minimum atomic E-state index is -3.48. The maximum atomic E-state index is 14.1. The number of benzene rings is 2. The molecule has 0 bridgehead atoms. The summed E-state index contributed by atoms with van der Waals surface area (Å²) in [5.74, 6) is -0.714. The Kier molecular flexibility index (Phi) is 5.35. The van der Waals surface area contributed by atoms with Crippen molar-refractivity contribution in [3.63, 3.8) is 0 Å². The molecule has 1 aromatic heterocycles. The van der Waals surface area contributed by atoms with E-state index in [1.54, 1.807) is 19.1 Å². The average Bonchev–Trinajstić information content (AvgIpc) is 2.96. The molecule has 0 atom stereocenters. The van der Waals surface area contributed by atoms with Crippen molar-refractivity contribution in [2.45, 2.75) is 26.8 Å². The third-order valence-corrected chi connectivity index (χ3v) is 7.07. The second kappa shape index (κ2) is 7.85. The van der Waals surface area contributed by atoms with Gasteiger partial charge in [-0.1, -0.05) is 12.1 Å². The van der Waals surface area contributed by atoms with E-state index in [0.29, 0.717) is 18.7 Å². The molecule has 1 aliphatic rings. The van der Waals surface area contributed by atoms with Gasteiger partial charge in [0.1, 0.15) is 12.4 Å². The van der Waals surface area contributed by atoms with E-state index in [1.165, 1.54) is 28.9 Å². The first-order chi connectivity index (χ1) is 14.7.